The zero-order chi connectivity index (χ0) is 14.9. The quantitative estimate of drug-likeness (QED) is 0.668. The SMILES string of the molecule is CSc1nc(N)nc(-c2ccc(Cl)cc2)c1C(F)(F)F. The molecule has 2 N–H and O–H groups in total. The summed E-state index contributed by atoms with van der Waals surface area (Å²) in [5.41, 5.74) is 4.64. The van der Waals surface area contributed by atoms with Crippen LogP contribution in [0.25, 0.3) is 11.3 Å². The lowest BCUT2D eigenvalue weighted by atomic mass is 10.1. The molecule has 0 bridgehead atoms. The molecule has 0 fully saturated rings. The minimum Gasteiger partial charge on any atom is -0.368 e. The molecule has 0 unspecified atom stereocenters. The predicted molar refractivity (Wildman–Crippen MR) is 73.7 cm³/mol. The zero-order valence-corrected chi connectivity index (χ0v) is 11.8. The highest BCUT2D eigenvalue weighted by atomic mass is 35.5. The fourth-order valence-electron chi connectivity index (χ4n) is 1.68. The van der Waals surface area contributed by atoms with Crippen LogP contribution in [0.4, 0.5) is 19.1 Å². The highest BCUT2D eigenvalue weighted by Crippen LogP contribution is 2.41. The minimum absolute atomic E-state index is 0.199. The molecule has 0 saturated carbocycles. The molecule has 2 rings (SSSR count). The number of benzene rings is 1. The van der Waals surface area contributed by atoms with Gasteiger partial charge in [-0.2, -0.15) is 13.2 Å². The maximum Gasteiger partial charge on any atom is 0.421 e. The van der Waals surface area contributed by atoms with Crippen molar-refractivity contribution in [2.24, 2.45) is 0 Å². The molecule has 0 spiro atoms. The number of rotatable bonds is 2. The van der Waals surface area contributed by atoms with E-state index in [0.717, 1.165) is 11.8 Å². The Balaban J connectivity index is 2.73. The standard InChI is InChI=1S/C12H9ClF3N3S/c1-20-10-8(12(14,15)16)9(18-11(17)19-10)6-2-4-7(13)5-3-6/h2-5H,1H3,(H2,17,18,19). The van der Waals surface area contributed by atoms with E-state index in [-0.39, 0.29) is 22.2 Å². The van der Waals surface area contributed by atoms with Crippen LogP contribution in [0.3, 0.4) is 0 Å². The van der Waals surface area contributed by atoms with Gasteiger partial charge in [0.15, 0.2) is 0 Å². The van der Waals surface area contributed by atoms with E-state index in [1.165, 1.54) is 30.5 Å². The van der Waals surface area contributed by atoms with Crippen LogP contribution in [0.2, 0.25) is 5.02 Å². The summed E-state index contributed by atoms with van der Waals surface area (Å²) in [4.78, 5) is 7.38. The second kappa shape index (κ2) is 5.49. The van der Waals surface area contributed by atoms with Gasteiger partial charge in [-0.05, 0) is 18.4 Å². The minimum atomic E-state index is -4.57. The first kappa shape index (κ1) is 14.9. The van der Waals surface area contributed by atoms with E-state index in [9.17, 15) is 13.2 Å². The Hall–Kier alpha value is -1.47. The number of nitrogen functional groups attached to an aromatic ring is 1. The molecule has 0 aliphatic rings. The van der Waals surface area contributed by atoms with Crippen molar-refractivity contribution in [1.82, 2.24) is 9.97 Å². The van der Waals surface area contributed by atoms with Gasteiger partial charge >= 0.3 is 6.18 Å². The highest BCUT2D eigenvalue weighted by molar-refractivity contribution is 7.98. The van der Waals surface area contributed by atoms with Gasteiger partial charge in [0, 0.05) is 10.6 Å². The largest absolute Gasteiger partial charge is 0.421 e. The van der Waals surface area contributed by atoms with Gasteiger partial charge in [0.25, 0.3) is 0 Å². The number of alkyl halides is 3. The third-order valence-corrected chi connectivity index (χ3v) is 3.42. The van der Waals surface area contributed by atoms with Crippen molar-refractivity contribution < 1.29 is 13.2 Å². The average molecular weight is 320 g/mol. The van der Waals surface area contributed by atoms with Crippen molar-refractivity contribution in [1.29, 1.82) is 0 Å². The first-order valence-electron chi connectivity index (χ1n) is 5.37. The molecule has 20 heavy (non-hydrogen) atoms. The Morgan fingerprint density at radius 2 is 1.75 bits per heavy atom. The number of nitrogens with zero attached hydrogens (tertiary/aromatic N) is 2. The molecule has 1 heterocycles. The topological polar surface area (TPSA) is 51.8 Å². The van der Waals surface area contributed by atoms with Crippen molar-refractivity contribution >= 4 is 29.3 Å². The van der Waals surface area contributed by atoms with Crippen LogP contribution in [0, 0.1) is 0 Å². The third kappa shape index (κ3) is 2.99. The molecule has 0 atom stereocenters. The summed E-state index contributed by atoms with van der Waals surface area (Å²) in [6.45, 7) is 0. The van der Waals surface area contributed by atoms with Crippen molar-refractivity contribution in [2.45, 2.75) is 11.2 Å². The molecule has 3 nitrogen and oxygen atoms in total. The molecule has 8 heteroatoms. The monoisotopic (exact) mass is 319 g/mol. The summed E-state index contributed by atoms with van der Waals surface area (Å²) in [7, 11) is 0. The number of hydrogen-bond donors (Lipinski definition) is 1. The van der Waals surface area contributed by atoms with E-state index in [2.05, 4.69) is 9.97 Å². The lowest BCUT2D eigenvalue weighted by Gasteiger charge is -2.15. The maximum atomic E-state index is 13.2. The lowest BCUT2D eigenvalue weighted by molar-refractivity contribution is -0.139. The molecule has 106 valence electrons. The molecule has 0 amide bonds. The van der Waals surface area contributed by atoms with E-state index >= 15 is 0 Å². The van der Waals surface area contributed by atoms with Crippen molar-refractivity contribution in [3.8, 4) is 11.3 Å². The summed E-state index contributed by atoms with van der Waals surface area (Å²) in [5.74, 6) is -0.202. The first-order chi connectivity index (χ1) is 9.32. The molecule has 1 aromatic carbocycles. The molecular formula is C12H9ClF3N3S. The van der Waals surface area contributed by atoms with Crippen molar-refractivity contribution in [3.05, 3.63) is 34.9 Å². The number of hydrogen-bond acceptors (Lipinski definition) is 4. The number of anilines is 1. The van der Waals surface area contributed by atoms with Crippen LogP contribution >= 0.6 is 23.4 Å². The van der Waals surface area contributed by atoms with Crippen molar-refractivity contribution in [3.63, 3.8) is 0 Å². The summed E-state index contributed by atoms with van der Waals surface area (Å²) >= 11 is 6.61. The number of halogens is 4. The van der Waals surface area contributed by atoms with Crippen LogP contribution in [0.15, 0.2) is 29.3 Å². The Morgan fingerprint density at radius 3 is 2.25 bits per heavy atom. The second-order valence-corrected chi connectivity index (χ2v) is 5.05. The molecule has 2 aromatic rings. The van der Waals surface area contributed by atoms with E-state index < -0.39 is 11.7 Å². The molecular weight excluding hydrogens is 311 g/mol. The Bertz CT molecular complexity index is 629. The van der Waals surface area contributed by atoms with Crippen LogP contribution in [-0.2, 0) is 6.18 Å². The normalized spacial score (nSPS) is 11.7. The van der Waals surface area contributed by atoms with E-state index in [1.807, 2.05) is 0 Å². The number of nitrogens with two attached hydrogens (primary N) is 1. The molecule has 0 aliphatic carbocycles. The highest BCUT2D eigenvalue weighted by Gasteiger charge is 2.38. The fourth-order valence-corrected chi connectivity index (χ4v) is 2.40. The number of aromatic nitrogens is 2. The Morgan fingerprint density at radius 1 is 1.15 bits per heavy atom. The second-order valence-electron chi connectivity index (χ2n) is 3.82. The molecule has 0 radical (unpaired) electrons. The summed E-state index contributed by atoms with van der Waals surface area (Å²) < 4.78 is 39.7. The van der Waals surface area contributed by atoms with Gasteiger partial charge in [-0.1, -0.05) is 23.7 Å². The summed E-state index contributed by atoms with van der Waals surface area (Å²) in [6.07, 6.45) is -3.07. The van der Waals surface area contributed by atoms with Gasteiger partial charge in [-0.3, -0.25) is 0 Å². The van der Waals surface area contributed by atoms with Crippen LogP contribution in [0.1, 0.15) is 5.56 Å². The summed E-state index contributed by atoms with van der Waals surface area (Å²) in [6, 6.07) is 5.91. The van der Waals surface area contributed by atoms with Gasteiger partial charge in [0.05, 0.1) is 5.69 Å². The Kier molecular flexibility index (Phi) is 4.10. The van der Waals surface area contributed by atoms with Crippen LogP contribution in [-0.4, -0.2) is 16.2 Å². The smallest absolute Gasteiger partial charge is 0.368 e. The molecule has 0 aliphatic heterocycles. The van der Waals surface area contributed by atoms with Crippen LogP contribution in [0.5, 0.6) is 0 Å². The average Bonchev–Trinajstić information content (AvgIpc) is 2.37. The van der Waals surface area contributed by atoms with Gasteiger partial charge in [0.1, 0.15) is 10.6 Å². The maximum absolute atomic E-state index is 13.2. The van der Waals surface area contributed by atoms with Gasteiger partial charge in [-0.15, -0.1) is 11.8 Å². The van der Waals surface area contributed by atoms with Crippen LogP contribution < -0.4 is 5.73 Å². The first-order valence-corrected chi connectivity index (χ1v) is 6.98. The third-order valence-electron chi connectivity index (χ3n) is 2.49. The fraction of sp³-hybridized carbons (Fsp3) is 0.167. The lowest BCUT2D eigenvalue weighted by Crippen LogP contribution is -2.13. The van der Waals surface area contributed by atoms with Gasteiger partial charge in [0.2, 0.25) is 5.95 Å². The van der Waals surface area contributed by atoms with E-state index in [4.69, 9.17) is 17.3 Å². The van der Waals surface area contributed by atoms with E-state index in [1.54, 1.807) is 0 Å². The Labute approximate surface area is 122 Å². The van der Waals surface area contributed by atoms with Gasteiger partial charge in [-0.25, -0.2) is 9.97 Å². The zero-order valence-electron chi connectivity index (χ0n) is 10.2. The summed E-state index contributed by atoms with van der Waals surface area (Å²) in [5, 5.41) is 0.226. The predicted octanol–water partition coefficient (Wildman–Crippen LogP) is 4.12. The molecule has 0 saturated heterocycles. The van der Waals surface area contributed by atoms with Gasteiger partial charge < -0.3 is 5.73 Å². The van der Waals surface area contributed by atoms with Crippen molar-refractivity contribution in [2.75, 3.05) is 12.0 Å². The number of thioether (sulfide) groups is 1. The molecule has 1 aromatic heterocycles. The van der Waals surface area contributed by atoms with E-state index in [0.29, 0.717) is 5.02 Å².